The summed E-state index contributed by atoms with van der Waals surface area (Å²) in [6.45, 7) is 4.75. The van der Waals surface area contributed by atoms with E-state index in [1.807, 2.05) is 0 Å². The Labute approximate surface area is 142 Å². The van der Waals surface area contributed by atoms with E-state index in [1.165, 1.54) is 25.7 Å². The molecule has 0 aromatic carbocycles. The van der Waals surface area contributed by atoms with Crippen molar-refractivity contribution in [2.24, 2.45) is 34.5 Å². The lowest BCUT2D eigenvalue weighted by molar-refractivity contribution is -0.142. The van der Waals surface area contributed by atoms with Crippen LogP contribution in [0.2, 0.25) is 0 Å². The fourth-order valence-electron chi connectivity index (χ4n) is 6.98. The van der Waals surface area contributed by atoms with Gasteiger partial charge in [0.1, 0.15) is 0 Å². The first kappa shape index (κ1) is 15.6. The van der Waals surface area contributed by atoms with Crippen molar-refractivity contribution in [2.75, 3.05) is 0 Å². The van der Waals surface area contributed by atoms with Gasteiger partial charge in [0.05, 0.1) is 10.9 Å². The largest absolute Gasteiger partial charge is 0.393 e. The second-order valence-electron chi connectivity index (χ2n) is 9.11. The Morgan fingerprint density at radius 1 is 1.05 bits per heavy atom. The van der Waals surface area contributed by atoms with Gasteiger partial charge in [-0.3, -0.25) is 4.79 Å². The molecular formula is C19H29BrO2. The summed E-state index contributed by atoms with van der Waals surface area (Å²) in [5, 5.41) is 10.1. The molecule has 2 nitrogen and oxygen atoms in total. The molecular weight excluding hydrogens is 340 g/mol. The summed E-state index contributed by atoms with van der Waals surface area (Å²) >= 11 is 3.65. The zero-order valence-corrected chi connectivity index (χ0v) is 15.4. The number of hydrogen-bond acceptors (Lipinski definition) is 2. The summed E-state index contributed by atoms with van der Waals surface area (Å²) in [5.41, 5.74) is 0.351. The van der Waals surface area contributed by atoms with Gasteiger partial charge in [0.2, 0.25) is 0 Å². The second kappa shape index (κ2) is 5.05. The van der Waals surface area contributed by atoms with Crippen LogP contribution in [0.25, 0.3) is 0 Å². The average molecular weight is 369 g/mol. The zero-order valence-electron chi connectivity index (χ0n) is 13.9. The van der Waals surface area contributed by atoms with Gasteiger partial charge in [-0.2, -0.15) is 0 Å². The molecule has 4 aliphatic rings. The molecule has 3 heteroatoms. The van der Waals surface area contributed by atoms with Crippen molar-refractivity contribution >= 4 is 21.7 Å². The number of aliphatic hydroxyl groups excluding tert-OH is 1. The van der Waals surface area contributed by atoms with Crippen LogP contribution in [0.5, 0.6) is 0 Å². The third kappa shape index (κ3) is 1.97. The van der Waals surface area contributed by atoms with Crippen molar-refractivity contribution in [1.29, 1.82) is 0 Å². The molecule has 22 heavy (non-hydrogen) atoms. The van der Waals surface area contributed by atoms with Crippen molar-refractivity contribution in [1.82, 2.24) is 0 Å². The first-order valence-electron chi connectivity index (χ1n) is 9.23. The third-order valence-electron chi connectivity index (χ3n) is 8.34. The number of rotatable bonds is 0. The average Bonchev–Trinajstić information content (AvgIpc) is 2.72. The van der Waals surface area contributed by atoms with Gasteiger partial charge in [-0.05, 0) is 80.5 Å². The highest BCUT2D eigenvalue weighted by Gasteiger charge is 2.61. The number of hydrogen-bond donors (Lipinski definition) is 1. The van der Waals surface area contributed by atoms with Crippen LogP contribution in [0.3, 0.4) is 0 Å². The molecule has 0 aliphatic heterocycles. The van der Waals surface area contributed by atoms with Gasteiger partial charge < -0.3 is 5.11 Å². The SMILES string of the molecule is C[C@]12CCC(O)CC1CC[C@@H]1[C@@H]2CC[C@]2(C)C(=O)[C@@H](Br)C[C@@H]12. The predicted octanol–water partition coefficient (Wildman–Crippen LogP) is 4.33. The predicted molar refractivity (Wildman–Crippen MR) is 90.8 cm³/mol. The molecule has 1 N–H and O–H groups in total. The lowest BCUT2D eigenvalue weighted by Gasteiger charge is -2.60. The standard InChI is InChI=1S/C19H29BrO2/c1-18-7-5-12(21)9-11(18)3-4-13-14(18)6-8-19(2)15(13)10-16(20)17(19)22/h11-16,21H,3-10H2,1-2H3/t11?,12?,13-,14+,15+,16+,18+,19+/m1/s1. The molecule has 0 saturated heterocycles. The van der Waals surface area contributed by atoms with E-state index < -0.39 is 0 Å². The van der Waals surface area contributed by atoms with Crippen LogP contribution < -0.4 is 0 Å². The number of halogens is 1. The van der Waals surface area contributed by atoms with E-state index >= 15 is 0 Å². The lowest BCUT2D eigenvalue weighted by atomic mass is 9.45. The van der Waals surface area contributed by atoms with Crippen LogP contribution in [0.4, 0.5) is 0 Å². The topological polar surface area (TPSA) is 37.3 Å². The fourth-order valence-corrected chi connectivity index (χ4v) is 7.91. The maximum Gasteiger partial charge on any atom is 0.152 e. The second-order valence-corrected chi connectivity index (χ2v) is 10.2. The summed E-state index contributed by atoms with van der Waals surface area (Å²) < 4.78 is 0. The Balaban J connectivity index is 1.64. The molecule has 0 aromatic rings. The number of aliphatic hydroxyl groups is 1. The number of ketones is 1. The number of fused-ring (bicyclic) bond motifs is 5. The minimum Gasteiger partial charge on any atom is -0.393 e. The van der Waals surface area contributed by atoms with Crippen molar-refractivity contribution in [3.05, 3.63) is 0 Å². The van der Waals surface area contributed by atoms with Gasteiger partial charge in [-0.15, -0.1) is 0 Å². The highest BCUT2D eigenvalue weighted by Crippen LogP contribution is 2.65. The van der Waals surface area contributed by atoms with Crippen LogP contribution in [0, 0.1) is 34.5 Å². The van der Waals surface area contributed by atoms with Gasteiger partial charge in [-0.1, -0.05) is 29.8 Å². The quantitative estimate of drug-likeness (QED) is 0.646. The first-order valence-corrected chi connectivity index (χ1v) is 10.1. The summed E-state index contributed by atoms with van der Waals surface area (Å²) in [6.07, 6.45) is 9.04. The Morgan fingerprint density at radius 3 is 2.59 bits per heavy atom. The van der Waals surface area contributed by atoms with E-state index in [1.54, 1.807) is 0 Å². The zero-order chi connectivity index (χ0) is 15.7. The fraction of sp³-hybridized carbons (Fsp3) is 0.947. The maximum absolute atomic E-state index is 12.7. The highest BCUT2D eigenvalue weighted by atomic mass is 79.9. The minimum absolute atomic E-state index is 0.0628. The molecule has 4 rings (SSSR count). The van der Waals surface area contributed by atoms with E-state index in [4.69, 9.17) is 0 Å². The van der Waals surface area contributed by atoms with Crippen molar-refractivity contribution in [3.8, 4) is 0 Å². The van der Waals surface area contributed by atoms with Crippen LogP contribution >= 0.6 is 15.9 Å². The summed E-state index contributed by atoms with van der Waals surface area (Å²) in [7, 11) is 0. The van der Waals surface area contributed by atoms with Gasteiger partial charge in [-0.25, -0.2) is 0 Å². The van der Waals surface area contributed by atoms with Crippen LogP contribution in [-0.4, -0.2) is 21.8 Å². The Bertz CT molecular complexity index is 492. The maximum atomic E-state index is 12.7. The molecule has 8 atom stereocenters. The lowest BCUT2D eigenvalue weighted by Crippen LogP contribution is -2.54. The van der Waals surface area contributed by atoms with Crippen molar-refractivity contribution in [3.63, 3.8) is 0 Å². The van der Waals surface area contributed by atoms with E-state index in [9.17, 15) is 9.90 Å². The molecule has 4 saturated carbocycles. The molecule has 0 radical (unpaired) electrons. The molecule has 4 aliphatic carbocycles. The minimum atomic E-state index is -0.0662. The van der Waals surface area contributed by atoms with Crippen molar-refractivity contribution < 1.29 is 9.90 Å². The van der Waals surface area contributed by atoms with Crippen LogP contribution in [0.15, 0.2) is 0 Å². The van der Waals surface area contributed by atoms with Crippen LogP contribution in [0.1, 0.15) is 65.2 Å². The van der Waals surface area contributed by atoms with E-state index in [-0.39, 0.29) is 16.3 Å². The first-order chi connectivity index (χ1) is 10.4. The van der Waals surface area contributed by atoms with Gasteiger partial charge >= 0.3 is 0 Å². The number of Topliss-reactive ketones (excluding diaryl/α,β-unsaturated/α-hetero) is 1. The molecule has 124 valence electrons. The third-order valence-corrected chi connectivity index (χ3v) is 9.13. The van der Waals surface area contributed by atoms with E-state index in [0.29, 0.717) is 23.0 Å². The molecule has 2 unspecified atom stereocenters. The Hall–Kier alpha value is 0.110. The smallest absolute Gasteiger partial charge is 0.152 e. The van der Waals surface area contributed by atoms with Gasteiger partial charge in [0, 0.05) is 5.41 Å². The van der Waals surface area contributed by atoms with Gasteiger partial charge in [0.15, 0.2) is 5.78 Å². The van der Waals surface area contributed by atoms with Crippen molar-refractivity contribution in [2.45, 2.75) is 76.1 Å². The normalized spacial score (nSPS) is 57.9. The molecule has 0 aromatic heterocycles. The number of carbonyl (C=O) groups is 1. The summed E-state index contributed by atoms with van der Waals surface area (Å²) in [4.78, 5) is 12.8. The molecule has 0 spiro atoms. The summed E-state index contributed by atoms with van der Waals surface area (Å²) in [6, 6.07) is 0. The molecule has 0 amide bonds. The number of alkyl halides is 1. The summed E-state index contributed by atoms with van der Waals surface area (Å²) in [5.74, 6) is 3.29. The molecule has 0 bridgehead atoms. The number of carbonyl (C=O) groups excluding carboxylic acids is 1. The molecule has 4 fully saturated rings. The molecule has 0 heterocycles. The highest BCUT2D eigenvalue weighted by molar-refractivity contribution is 9.10. The van der Waals surface area contributed by atoms with E-state index in [2.05, 4.69) is 29.8 Å². The Morgan fingerprint density at radius 2 is 1.82 bits per heavy atom. The monoisotopic (exact) mass is 368 g/mol. The van der Waals surface area contributed by atoms with E-state index in [0.717, 1.165) is 37.5 Å². The Kier molecular flexibility index (Phi) is 3.59. The van der Waals surface area contributed by atoms with Crippen LogP contribution in [-0.2, 0) is 4.79 Å². The van der Waals surface area contributed by atoms with Gasteiger partial charge in [0.25, 0.3) is 0 Å².